The van der Waals surface area contributed by atoms with Gasteiger partial charge in [0.15, 0.2) is 5.78 Å². The van der Waals surface area contributed by atoms with E-state index in [2.05, 4.69) is 4.84 Å². The first kappa shape index (κ1) is 26.1. The van der Waals surface area contributed by atoms with E-state index in [1.807, 2.05) is 0 Å². The maximum atomic E-state index is 12.7. The van der Waals surface area contributed by atoms with Gasteiger partial charge >= 0.3 is 24.0 Å². The molecule has 0 bridgehead atoms. The second-order valence-corrected chi connectivity index (χ2v) is 7.02. The lowest BCUT2D eigenvalue weighted by Gasteiger charge is -2.34. The molecule has 0 spiro atoms. The third-order valence-corrected chi connectivity index (χ3v) is 5.14. The molecule has 8 nitrogen and oxygen atoms in total. The van der Waals surface area contributed by atoms with E-state index in [9.17, 15) is 37.5 Å². The van der Waals surface area contributed by atoms with Gasteiger partial charge in [-0.15, -0.1) is 0 Å². The SMILES string of the molecule is CCC(CC(=O)c1ccccc1)(C(=O)ON)C(CCCCNC(=O)C(F)(F)F)C(=O)O. The number of nitrogens with one attached hydrogen (secondary N) is 1. The van der Waals surface area contributed by atoms with Crippen molar-refractivity contribution in [3.8, 4) is 0 Å². The van der Waals surface area contributed by atoms with Crippen LogP contribution in [0, 0.1) is 11.3 Å². The Morgan fingerprint density at radius 3 is 2.23 bits per heavy atom. The molecule has 172 valence electrons. The number of unbranched alkanes of at least 4 members (excludes halogenated alkanes) is 1. The molecule has 0 aliphatic rings. The Labute approximate surface area is 176 Å². The number of rotatable bonds is 12. The van der Waals surface area contributed by atoms with Gasteiger partial charge in [0, 0.05) is 18.5 Å². The topological polar surface area (TPSA) is 136 Å². The number of ketones is 1. The molecule has 2 unspecified atom stereocenters. The molecule has 0 saturated carbocycles. The molecular formula is C20H25F3N2O6. The Morgan fingerprint density at radius 1 is 1.13 bits per heavy atom. The number of carboxylic acids is 1. The minimum atomic E-state index is -5.01. The van der Waals surface area contributed by atoms with Crippen molar-refractivity contribution in [2.24, 2.45) is 17.2 Å². The predicted octanol–water partition coefficient (Wildman–Crippen LogP) is 2.62. The molecule has 0 fully saturated rings. The third-order valence-electron chi connectivity index (χ3n) is 5.14. The van der Waals surface area contributed by atoms with Gasteiger partial charge in [-0.1, -0.05) is 43.7 Å². The highest BCUT2D eigenvalue weighted by atomic mass is 19.4. The lowest BCUT2D eigenvalue weighted by Crippen LogP contribution is -2.46. The maximum absolute atomic E-state index is 12.7. The number of aliphatic carboxylic acids is 1. The summed E-state index contributed by atoms with van der Waals surface area (Å²) in [6.45, 7) is 1.20. The molecule has 0 heterocycles. The molecule has 0 aliphatic heterocycles. The molecule has 1 rings (SSSR count). The van der Waals surface area contributed by atoms with Crippen LogP contribution in [-0.4, -0.2) is 41.5 Å². The Kier molecular flexibility index (Phi) is 9.63. The van der Waals surface area contributed by atoms with E-state index in [-0.39, 0.29) is 37.8 Å². The average molecular weight is 446 g/mol. The highest BCUT2D eigenvalue weighted by molar-refractivity contribution is 6.00. The first-order chi connectivity index (χ1) is 14.5. The number of alkyl halides is 3. The van der Waals surface area contributed by atoms with E-state index < -0.39 is 47.6 Å². The molecule has 0 aliphatic carbocycles. The summed E-state index contributed by atoms with van der Waals surface area (Å²) in [5.41, 5.74) is -1.48. The van der Waals surface area contributed by atoms with E-state index in [1.165, 1.54) is 19.1 Å². The van der Waals surface area contributed by atoms with Crippen LogP contribution in [0.5, 0.6) is 0 Å². The zero-order chi connectivity index (χ0) is 23.7. The number of carbonyl (C=O) groups excluding carboxylic acids is 3. The Hall–Kier alpha value is -2.95. The molecule has 4 N–H and O–H groups in total. The van der Waals surface area contributed by atoms with Crippen molar-refractivity contribution in [3.63, 3.8) is 0 Å². The summed E-state index contributed by atoms with van der Waals surface area (Å²) >= 11 is 0. The molecule has 2 atom stereocenters. The molecular weight excluding hydrogens is 421 g/mol. The number of carboxylic acid groups (broad SMARTS) is 1. The number of carbonyl (C=O) groups is 4. The van der Waals surface area contributed by atoms with Crippen LogP contribution in [0.1, 0.15) is 49.4 Å². The summed E-state index contributed by atoms with van der Waals surface area (Å²) in [7, 11) is 0. The number of hydrogen-bond donors (Lipinski definition) is 3. The molecule has 11 heteroatoms. The van der Waals surface area contributed by atoms with Crippen molar-refractivity contribution in [1.29, 1.82) is 0 Å². The first-order valence-corrected chi connectivity index (χ1v) is 9.56. The van der Waals surface area contributed by atoms with Crippen LogP contribution in [0.4, 0.5) is 13.2 Å². The summed E-state index contributed by atoms with van der Waals surface area (Å²) in [6, 6.07) is 7.97. The zero-order valence-corrected chi connectivity index (χ0v) is 16.9. The molecule has 1 aromatic rings. The van der Waals surface area contributed by atoms with Crippen LogP contribution in [0.3, 0.4) is 0 Å². The van der Waals surface area contributed by atoms with Crippen molar-refractivity contribution in [1.82, 2.24) is 5.32 Å². The first-order valence-electron chi connectivity index (χ1n) is 9.56. The van der Waals surface area contributed by atoms with Crippen molar-refractivity contribution >= 4 is 23.6 Å². The quantitative estimate of drug-likeness (QED) is 0.255. The van der Waals surface area contributed by atoms with Gasteiger partial charge in [-0.25, -0.2) is 4.79 Å². The minimum absolute atomic E-state index is 0.0374. The Bertz CT molecular complexity index is 785. The Balaban J connectivity index is 2.96. The predicted molar refractivity (Wildman–Crippen MR) is 102 cm³/mol. The van der Waals surface area contributed by atoms with Crippen LogP contribution in [-0.2, 0) is 19.2 Å². The lowest BCUT2D eigenvalue weighted by atomic mass is 9.67. The fourth-order valence-corrected chi connectivity index (χ4v) is 3.40. The number of halogens is 3. The summed E-state index contributed by atoms with van der Waals surface area (Å²) in [5.74, 6) is -1.34. The average Bonchev–Trinajstić information content (AvgIpc) is 2.73. The lowest BCUT2D eigenvalue weighted by molar-refractivity contribution is -0.173. The van der Waals surface area contributed by atoms with Crippen molar-refractivity contribution < 1.29 is 42.3 Å². The number of Topliss-reactive ketones (excluding diaryl/α,β-unsaturated/α-hetero) is 1. The molecule has 0 aromatic heterocycles. The van der Waals surface area contributed by atoms with E-state index in [0.717, 1.165) is 0 Å². The van der Waals surface area contributed by atoms with Crippen molar-refractivity contribution in [2.45, 2.75) is 45.2 Å². The number of amides is 1. The van der Waals surface area contributed by atoms with Gasteiger partial charge < -0.3 is 15.3 Å². The van der Waals surface area contributed by atoms with E-state index in [4.69, 9.17) is 5.90 Å². The highest BCUT2D eigenvalue weighted by Gasteiger charge is 2.50. The molecule has 0 saturated heterocycles. The zero-order valence-electron chi connectivity index (χ0n) is 16.9. The van der Waals surface area contributed by atoms with Crippen LogP contribution < -0.4 is 11.2 Å². The molecule has 0 radical (unpaired) electrons. The van der Waals surface area contributed by atoms with Crippen molar-refractivity contribution in [3.05, 3.63) is 35.9 Å². The maximum Gasteiger partial charge on any atom is 0.471 e. The number of nitrogens with two attached hydrogens (primary N) is 1. The Morgan fingerprint density at radius 2 is 1.74 bits per heavy atom. The van der Waals surface area contributed by atoms with Crippen LogP contribution >= 0.6 is 0 Å². The van der Waals surface area contributed by atoms with Crippen molar-refractivity contribution in [2.75, 3.05) is 6.54 Å². The van der Waals surface area contributed by atoms with Gasteiger partial charge in [0.1, 0.15) is 0 Å². The van der Waals surface area contributed by atoms with Gasteiger partial charge in [-0.2, -0.15) is 19.1 Å². The number of hydrogen-bond acceptors (Lipinski definition) is 6. The molecule has 1 amide bonds. The van der Waals surface area contributed by atoms with Gasteiger partial charge in [-0.3, -0.25) is 14.4 Å². The third kappa shape index (κ3) is 7.06. The summed E-state index contributed by atoms with van der Waals surface area (Å²) in [6.07, 6.45) is -5.56. The second-order valence-electron chi connectivity index (χ2n) is 7.02. The highest BCUT2D eigenvalue weighted by Crippen LogP contribution is 2.41. The minimum Gasteiger partial charge on any atom is -0.481 e. The van der Waals surface area contributed by atoms with E-state index in [0.29, 0.717) is 0 Å². The fourth-order valence-electron chi connectivity index (χ4n) is 3.40. The standard InChI is InChI=1S/C20H25F3N2O6/c1-2-19(18(30)31-24,12-15(26)13-8-4-3-5-9-13)14(16(27)28)10-6-7-11-25-17(29)20(21,22)23/h3-5,8-9,14H,2,6-7,10-12,24H2,1H3,(H,25,29)(H,27,28). The van der Waals surface area contributed by atoms with Gasteiger partial charge in [0.2, 0.25) is 0 Å². The largest absolute Gasteiger partial charge is 0.481 e. The number of benzene rings is 1. The van der Waals surface area contributed by atoms with E-state index >= 15 is 0 Å². The summed E-state index contributed by atoms with van der Waals surface area (Å²) < 4.78 is 36.6. The van der Waals surface area contributed by atoms with Gasteiger partial charge in [0.25, 0.3) is 0 Å². The van der Waals surface area contributed by atoms with Crippen LogP contribution in [0.25, 0.3) is 0 Å². The molecule has 1 aromatic carbocycles. The monoisotopic (exact) mass is 446 g/mol. The summed E-state index contributed by atoms with van der Waals surface area (Å²) in [5, 5.41) is 11.4. The van der Waals surface area contributed by atoms with Crippen LogP contribution in [0.2, 0.25) is 0 Å². The normalized spacial score (nSPS) is 14.2. The second kappa shape index (κ2) is 11.4. The smallest absolute Gasteiger partial charge is 0.471 e. The summed E-state index contributed by atoms with van der Waals surface area (Å²) in [4.78, 5) is 52.4. The molecule has 31 heavy (non-hydrogen) atoms. The van der Waals surface area contributed by atoms with Gasteiger partial charge in [0.05, 0.1) is 11.3 Å². The van der Waals surface area contributed by atoms with E-state index in [1.54, 1.807) is 23.5 Å². The van der Waals surface area contributed by atoms with Crippen LogP contribution in [0.15, 0.2) is 30.3 Å². The van der Waals surface area contributed by atoms with Gasteiger partial charge in [-0.05, 0) is 19.3 Å². The fraction of sp³-hybridized carbons (Fsp3) is 0.500.